The summed E-state index contributed by atoms with van der Waals surface area (Å²) in [6.07, 6.45) is 0. The molecular weight excluding hydrogens is 236 g/mol. The van der Waals surface area contributed by atoms with E-state index in [2.05, 4.69) is 37.8 Å². The normalized spacial score (nSPS) is 13.1. The molecular formula is C16H28N2O. The highest BCUT2D eigenvalue weighted by Crippen LogP contribution is 2.25. The molecule has 0 spiro atoms. The van der Waals surface area contributed by atoms with Gasteiger partial charge in [0.1, 0.15) is 5.75 Å². The molecule has 108 valence electrons. The largest absolute Gasteiger partial charge is 0.494 e. The highest BCUT2D eigenvalue weighted by Gasteiger charge is 2.13. The van der Waals surface area contributed by atoms with Gasteiger partial charge in [0.25, 0.3) is 0 Å². The van der Waals surface area contributed by atoms with Gasteiger partial charge in [0.15, 0.2) is 0 Å². The lowest BCUT2D eigenvalue weighted by atomic mass is 10.0. The predicted molar refractivity (Wildman–Crippen MR) is 81.4 cm³/mol. The Bertz CT molecular complexity index is 388. The van der Waals surface area contributed by atoms with Crippen LogP contribution in [0.3, 0.4) is 0 Å². The van der Waals surface area contributed by atoms with E-state index < -0.39 is 0 Å². The second kappa shape index (κ2) is 7.51. The lowest BCUT2D eigenvalue weighted by molar-refractivity contribution is 0.220. The number of nitrogens with zero attached hydrogens (tertiary/aromatic N) is 1. The third-order valence-corrected chi connectivity index (χ3v) is 3.42. The Morgan fingerprint density at radius 1 is 1.21 bits per heavy atom. The van der Waals surface area contributed by atoms with Gasteiger partial charge >= 0.3 is 0 Å². The Morgan fingerprint density at radius 2 is 1.89 bits per heavy atom. The van der Waals surface area contributed by atoms with Crippen LogP contribution in [0.5, 0.6) is 5.75 Å². The highest BCUT2D eigenvalue weighted by molar-refractivity contribution is 5.38. The van der Waals surface area contributed by atoms with Crippen LogP contribution in [0.2, 0.25) is 0 Å². The van der Waals surface area contributed by atoms with Crippen molar-refractivity contribution in [1.82, 2.24) is 4.90 Å². The van der Waals surface area contributed by atoms with Crippen molar-refractivity contribution in [3.05, 3.63) is 29.3 Å². The van der Waals surface area contributed by atoms with E-state index in [1.165, 1.54) is 11.1 Å². The lowest BCUT2D eigenvalue weighted by Crippen LogP contribution is -2.30. The minimum atomic E-state index is 0.0588. The molecule has 1 aromatic rings. The summed E-state index contributed by atoms with van der Waals surface area (Å²) in [7, 11) is 0. The summed E-state index contributed by atoms with van der Waals surface area (Å²) in [5.74, 6) is 0.978. The highest BCUT2D eigenvalue weighted by atomic mass is 16.5. The van der Waals surface area contributed by atoms with Gasteiger partial charge in [-0.3, -0.25) is 4.90 Å². The average molecular weight is 264 g/mol. The maximum absolute atomic E-state index is 5.98. The van der Waals surface area contributed by atoms with Crippen molar-refractivity contribution in [2.75, 3.05) is 13.2 Å². The van der Waals surface area contributed by atoms with Crippen molar-refractivity contribution < 1.29 is 4.74 Å². The van der Waals surface area contributed by atoms with Crippen LogP contribution >= 0.6 is 0 Å². The molecule has 2 N–H and O–H groups in total. The van der Waals surface area contributed by atoms with Crippen molar-refractivity contribution >= 4 is 0 Å². The summed E-state index contributed by atoms with van der Waals surface area (Å²) in [4.78, 5) is 2.42. The van der Waals surface area contributed by atoms with Crippen molar-refractivity contribution in [2.24, 2.45) is 5.73 Å². The third-order valence-electron chi connectivity index (χ3n) is 3.42. The Hall–Kier alpha value is -1.06. The van der Waals surface area contributed by atoms with E-state index in [9.17, 15) is 0 Å². The molecule has 1 unspecified atom stereocenters. The second-order valence-electron chi connectivity index (χ2n) is 5.25. The van der Waals surface area contributed by atoms with Gasteiger partial charge < -0.3 is 10.5 Å². The van der Waals surface area contributed by atoms with E-state index in [1.54, 1.807) is 0 Å². The topological polar surface area (TPSA) is 38.5 Å². The van der Waals surface area contributed by atoms with Crippen LogP contribution in [0.15, 0.2) is 18.2 Å². The molecule has 0 amide bonds. The molecule has 0 aromatic heterocycles. The Labute approximate surface area is 117 Å². The van der Waals surface area contributed by atoms with E-state index >= 15 is 0 Å². The van der Waals surface area contributed by atoms with E-state index in [4.69, 9.17) is 10.5 Å². The van der Waals surface area contributed by atoms with Gasteiger partial charge in [0, 0.05) is 24.2 Å². The smallest absolute Gasteiger partial charge is 0.123 e. The fraction of sp³-hybridized carbons (Fsp3) is 0.625. The molecule has 1 aromatic carbocycles. The summed E-state index contributed by atoms with van der Waals surface area (Å²) in [5, 5.41) is 0. The van der Waals surface area contributed by atoms with E-state index in [0.717, 1.165) is 18.8 Å². The summed E-state index contributed by atoms with van der Waals surface area (Å²) in [6, 6.07) is 6.87. The van der Waals surface area contributed by atoms with Gasteiger partial charge in [0.05, 0.1) is 6.61 Å². The molecule has 1 atom stereocenters. The van der Waals surface area contributed by atoms with E-state index in [1.807, 2.05) is 19.9 Å². The zero-order chi connectivity index (χ0) is 14.4. The number of hydrogen-bond acceptors (Lipinski definition) is 3. The molecule has 0 radical (unpaired) electrons. The van der Waals surface area contributed by atoms with Crippen LogP contribution in [-0.2, 0) is 6.54 Å². The Balaban J connectivity index is 3.02. The molecule has 0 fully saturated rings. The molecule has 0 bridgehead atoms. The molecule has 0 saturated heterocycles. The Kier molecular flexibility index (Phi) is 6.32. The molecule has 3 heteroatoms. The second-order valence-corrected chi connectivity index (χ2v) is 5.25. The first-order chi connectivity index (χ1) is 8.99. The average Bonchev–Trinajstić information content (AvgIpc) is 2.37. The predicted octanol–water partition coefficient (Wildman–Crippen LogP) is 3.34. The van der Waals surface area contributed by atoms with E-state index in [-0.39, 0.29) is 6.04 Å². The van der Waals surface area contributed by atoms with E-state index in [0.29, 0.717) is 12.6 Å². The summed E-state index contributed by atoms with van der Waals surface area (Å²) >= 11 is 0. The van der Waals surface area contributed by atoms with Crippen LogP contribution in [0.25, 0.3) is 0 Å². The van der Waals surface area contributed by atoms with Gasteiger partial charge in [-0.15, -0.1) is 0 Å². The first-order valence-electron chi connectivity index (χ1n) is 7.24. The minimum absolute atomic E-state index is 0.0588. The van der Waals surface area contributed by atoms with Gasteiger partial charge in [0.2, 0.25) is 0 Å². The summed E-state index contributed by atoms with van der Waals surface area (Å²) in [5.41, 5.74) is 8.37. The van der Waals surface area contributed by atoms with Crippen LogP contribution in [0.1, 0.15) is 51.8 Å². The number of rotatable bonds is 7. The molecule has 0 aliphatic carbocycles. The fourth-order valence-electron chi connectivity index (χ4n) is 2.18. The van der Waals surface area contributed by atoms with Crippen molar-refractivity contribution in [3.8, 4) is 5.75 Å². The fourth-order valence-corrected chi connectivity index (χ4v) is 2.18. The number of nitrogens with two attached hydrogens (primary N) is 1. The maximum Gasteiger partial charge on any atom is 0.123 e. The standard InChI is InChI=1S/C16H28N2O/c1-6-18(12(3)4)11-15-10-14(13(5)17)8-9-16(15)19-7-2/h8-10,12-13H,6-7,11,17H2,1-5H3. The van der Waals surface area contributed by atoms with Crippen LogP contribution < -0.4 is 10.5 Å². The van der Waals surface area contributed by atoms with Gasteiger partial charge in [-0.05, 0) is 51.9 Å². The molecule has 1 rings (SSSR count). The quantitative estimate of drug-likeness (QED) is 0.821. The third kappa shape index (κ3) is 4.51. The summed E-state index contributed by atoms with van der Waals surface area (Å²) in [6.45, 7) is 13.3. The van der Waals surface area contributed by atoms with Crippen molar-refractivity contribution in [1.29, 1.82) is 0 Å². The molecule has 19 heavy (non-hydrogen) atoms. The van der Waals surface area contributed by atoms with Crippen LogP contribution in [0.4, 0.5) is 0 Å². The molecule has 0 saturated carbocycles. The number of hydrogen-bond donors (Lipinski definition) is 1. The maximum atomic E-state index is 5.98. The van der Waals surface area contributed by atoms with Crippen LogP contribution in [-0.4, -0.2) is 24.1 Å². The molecule has 0 heterocycles. The zero-order valence-corrected chi connectivity index (χ0v) is 12.9. The van der Waals surface area contributed by atoms with Crippen molar-refractivity contribution in [3.63, 3.8) is 0 Å². The first-order valence-corrected chi connectivity index (χ1v) is 7.24. The van der Waals surface area contributed by atoms with Crippen molar-refractivity contribution in [2.45, 2.75) is 53.2 Å². The lowest BCUT2D eigenvalue weighted by Gasteiger charge is -2.26. The number of benzene rings is 1. The minimum Gasteiger partial charge on any atom is -0.494 e. The number of ether oxygens (including phenoxy) is 1. The van der Waals surface area contributed by atoms with Gasteiger partial charge in [-0.25, -0.2) is 0 Å². The monoisotopic (exact) mass is 264 g/mol. The van der Waals surface area contributed by atoms with Gasteiger partial charge in [-0.2, -0.15) is 0 Å². The molecule has 0 aliphatic heterocycles. The SMILES string of the molecule is CCOc1ccc(C(C)N)cc1CN(CC)C(C)C. The van der Waals surface area contributed by atoms with Crippen LogP contribution in [0, 0.1) is 0 Å². The molecule has 3 nitrogen and oxygen atoms in total. The van der Waals surface area contributed by atoms with Gasteiger partial charge in [-0.1, -0.05) is 13.0 Å². The first kappa shape index (κ1) is 16.0. The zero-order valence-electron chi connectivity index (χ0n) is 12.9. The summed E-state index contributed by atoms with van der Waals surface area (Å²) < 4.78 is 5.73. The molecule has 0 aliphatic rings. The Morgan fingerprint density at radius 3 is 2.37 bits per heavy atom.